The number of hydrogen-bond acceptors (Lipinski definition) is 1. The van der Waals surface area contributed by atoms with Crippen molar-refractivity contribution >= 4 is 8.96 Å². The molecule has 1 N–H and O–H groups in total. The Morgan fingerprint density at radius 3 is 2.36 bits per heavy atom. The monoisotopic (exact) mass is 170 g/mol. The van der Waals surface area contributed by atoms with Gasteiger partial charge in [-0.3, -0.25) is 0 Å². The lowest BCUT2D eigenvalue weighted by molar-refractivity contribution is 0.358. The largest absolute Gasteiger partial charge is 0.338 e. The van der Waals surface area contributed by atoms with E-state index in [0.29, 0.717) is 0 Å². The minimum absolute atomic E-state index is 0.183. The molecule has 65 valence electrons. The van der Waals surface area contributed by atoms with Crippen LogP contribution in [0.1, 0.15) is 32.1 Å². The summed E-state index contributed by atoms with van der Waals surface area (Å²) in [6, 6.07) is 0. The molecule has 2 heteroatoms. The standard InChI is InChI=1S/C9H20NSi/c1-11(2)10-8-9-6-4-3-5-7-9/h9-10H,3-8H2,1-2H3. The van der Waals surface area contributed by atoms with Crippen LogP contribution in [0.25, 0.3) is 0 Å². The Bertz CT molecular complexity index is 97.7. The maximum Gasteiger partial charge on any atom is 0.126 e. The van der Waals surface area contributed by atoms with Gasteiger partial charge >= 0.3 is 0 Å². The van der Waals surface area contributed by atoms with Crippen LogP contribution < -0.4 is 4.98 Å². The van der Waals surface area contributed by atoms with Crippen LogP contribution in [0.4, 0.5) is 0 Å². The van der Waals surface area contributed by atoms with Gasteiger partial charge in [0.2, 0.25) is 0 Å². The minimum atomic E-state index is -0.183. The molecule has 0 unspecified atom stereocenters. The lowest BCUT2D eigenvalue weighted by atomic mass is 9.90. The van der Waals surface area contributed by atoms with Crippen molar-refractivity contribution in [3.8, 4) is 0 Å². The highest BCUT2D eigenvalue weighted by Crippen LogP contribution is 2.22. The molecule has 1 saturated carbocycles. The van der Waals surface area contributed by atoms with Gasteiger partial charge in [0.1, 0.15) is 8.96 Å². The Kier molecular flexibility index (Phi) is 4.16. The second-order valence-electron chi connectivity index (χ2n) is 3.88. The first-order valence-electron chi connectivity index (χ1n) is 4.83. The molecule has 1 rings (SSSR count). The van der Waals surface area contributed by atoms with Crippen molar-refractivity contribution in [1.82, 2.24) is 4.98 Å². The molecule has 1 aliphatic rings. The summed E-state index contributed by atoms with van der Waals surface area (Å²) < 4.78 is 0. The molecule has 0 amide bonds. The average molecular weight is 170 g/mol. The fourth-order valence-corrected chi connectivity index (χ4v) is 2.44. The van der Waals surface area contributed by atoms with Crippen molar-refractivity contribution in [2.75, 3.05) is 6.54 Å². The van der Waals surface area contributed by atoms with E-state index in [1.165, 1.54) is 38.6 Å². The van der Waals surface area contributed by atoms with Crippen molar-refractivity contribution in [3.05, 3.63) is 0 Å². The molecule has 1 fully saturated rings. The molecule has 0 spiro atoms. The van der Waals surface area contributed by atoms with Crippen molar-refractivity contribution < 1.29 is 0 Å². The molecule has 0 aromatic carbocycles. The van der Waals surface area contributed by atoms with Crippen LogP contribution >= 0.6 is 0 Å². The van der Waals surface area contributed by atoms with E-state index < -0.39 is 0 Å². The molecule has 0 saturated heterocycles. The van der Waals surface area contributed by atoms with E-state index in [0.717, 1.165) is 5.92 Å². The molecule has 0 aliphatic heterocycles. The van der Waals surface area contributed by atoms with Gasteiger partial charge in [-0.05, 0) is 25.3 Å². The van der Waals surface area contributed by atoms with Gasteiger partial charge in [0.15, 0.2) is 0 Å². The summed E-state index contributed by atoms with van der Waals surface area (Å²) in [4.78, 5) is 3.62. The summed E-state index contributed by atoms with van der Waals surface area (Å²) in [6.45, 7) is 5.95. The zero-order valence-electron chi connectivity index (χ0n) is 7.82. The van der Waals surface area contributed by atoms with Crippen LogP contribution in [0.5, 0.6) is 0 Å². The first-order valence-corrected chi connectivity index (χ1v) is 7.33. The van der Waals surface area contributed by atoms with Gasteiger partial charge in [0, 0.05) is 0 Å². The molecular weight excluding hydrogens is 150 g/mol. The van der Waals surface area contributed by atoms with E-state index in [2.05, 4.69) is 18.1 Å². The average Bonchev–Trinajstić information content (AvgIpc) is 2.03. The second-order valence-corrected chi connectivity index (χ2v) is 6.24. The van der Waals surface area contributed by atoms with E-state index in [9.17, 15) is 0 Å². The van der Waals surface area contributed by atoms with Gasteiger partial charge in [0.25, 0.3) is 0 Å². The lowest BCUT2D eigenvalue weighted by Crippen LogP contribution is -2.33. The summed E-state index contributed by atoms with van der Waals surface area (Å²) in [5, 5.41) is 0. The van der Waals surface area contributed by atoms with Crippen molar-refractivity contribution in [1.29, 1.82) is 0 Å². The third-order valence-electron chi connectivity index (χ3n) is 2.47. The lowest BCUT2D eigenvalue weighted by Gasteiger charge is -2.22. The van der Waals surface area contributed by atoms with E-state index in [4.69, 9.17) is 0 Å². The fourth-order valence-electron chi connectivity index (χ4n) is 1.74. The third kappa shape index (κ3) is 3.92. The predicted molar refractivity (Wildman–Crippen MR) is 52.1 cm³/mol. The summed E-state index contributed by atoms with van der Waals surface area (Å²) in [6.07, 6.45) is 7.38. The Labute approximate surface area is 72.3 Å². The van der Waals surface area contributed by atoms with E-state index >= 15 is 0 Å². The van der Waals surface area contributed by atoms with E-state index in [1.807, 2.05) is 0 Å². The number of hydrogen-bond donors (Lipinski definition) is 1. The minimum Gasteiger partial charge on any atom is -0.338 e. The maximum absolute atomic E-state index is 3.62. The van der Waals surface area contributed by atoms with Crippen LogP contribution in [0.15, 0.2) is 0 Å². The van der Waals surface area contributed by atoms with Gasteiger partial charge in [-0.15, -0.1) is 0 Å². The van der Waals surface area contributed by atoms with Gasteiger partial charge in [-0.25, -0.2) is 0 Å². The first-order chi connectivity index (χ1) is 5.29. The van der Waals surface area contributed by atoms with Crippen molar-refractivity contribution in [2.45, 2.75) is 45.2 Å². The Morgan fingerprint density at radius 1 is 1.18 bits per heavy atom. The molecule has 0 bridgehead atoms. The Hall–Kier alpha value is 0.177. The molecule has 0 heterocycles. The summed E-state index contributed by atoms with van der Waals surface area (Å²) >= 11 is 0. The smallest absolute Gasteiger partial charge is 0.126 e. The molecule has 1 radical (unpaired) electrons. The number of nitrogens with one attached hydrogen (secondary N) is 1. The number of rotatable bonds is 3. The SMILES string of the molecule is C[Si](C)NCC1CCCCC1. The predicted octanol–water partition coefficient (Wildman–Crippen LogP) is 2.41. The van der Waals surface area contributed by atoms with Crippen LogP contribution in [0.3, 0.4) is 0 Å². The van der Waals surface area contributed by atoms with Crippen LogP contribution in [0.2, 0.25) is 13.1 Å². The summed E-state index contributed by atoms with van der Waals surface area (Å²) in [7, 11) is -0.183. The highest BCUT2D eigenvalue weighted by atomic mass is 28.3. The molecule has 1 nitrogen and oxygen atoms in total. The van der Waals surface area contributed by atoms with Crippen LogP contribution in [-0.2, 0) is 0 Å². The quantitative estimate of drug-likeness (QED) is 0.641. The zero-order valence-corrected chi connectivity index (χ0v) is 8.82. The molecule has 0 aromatic heterocycles. The second kappa shape index (κ2) is 4.94. The Morgan fingerprint density at radius 2 is 1.82 bits per heavy atom. The van der Waals surface area contributed by atoms with Crippen molar-refractivity contribution in [2.24, 2.45) is 5.92 Å². The topological polar surface area (TPSA) is 12.0 Å². The highest BCUT2D eigenvalue weighted by molar-refractivity contribution is 6.52. The summed E-state index contributed by atoms with van der Waals surface area (Å²) in [5.41, 5.74) is 0. The van der Waals surface area contributed by atoms with Gasteiger partial charge < -0.3 is 4.98 Å². The molecule has 0 aromatic rings. The van der Waals surface area contributed by atoms with Gasteiger partial charge in [0.05, 0.1) is 0 Å². The highest BCUT2D eigenvalue weighted by Gasteiger charge is 2.12. The van der Waals surface area contributed by atoms with Crippen molar-refractivity contribution in [3.63, 3.8) is 0 Å². The summed E-state index contributed by atoms with van der Waals surface area (Å²) in [5.74, 6) is 1.00. The fraction of sp³-hybridized carbons (Fsp3) is 1.00. The van der Waals surface area contributed by atoms with Gasteiger partial charge in [-0.1, -0.05) is 32.4 Å². The molecule has 11 heavy (non-hydrogen) atoms. The molecule has 1 aliphatic carbocycles. The van der Waals surface area contributed by atoms with E-state index in [1.54, 1.807) is 0 Å². The molecular formula is C9H20NSi. The first kappa shape index (κ1) is 9.27. The maximum atomic E-state index is 3.62. The zero-order chi connectivity index (χ0) is 8.10. The van der Waals surface area contributed by atoms with Crippen LogP contribution in [0, 0.1) is 5.92 Å². The normalized spacial score (nSPS) is 21.0. The third-order valence-corrected chi connectivity index (χ3v) is 3.38. The van der Waals surface area contributed by atoms with E-state index in [-0.39, 0.29) is 8.96 Å². The Balaban J connectivity index is 2.05. The molecule has 0 atom stereocenters. The van der Waals surface area contributed by atoms with Gasteiger partial charge in [-0.2, -0.15) is 0 Å². The van der Waals surface area contributed by atoms with Crippen LogP contribution in [-0.4, -0.2) is 15.5 Å².